The van der Waals surface area contributed by atoms with Gasteiger partial charge in [0.05, 0.1) is 17.0 Å². The third-order valence-electron chi connectivity index (χ3n) is 4.37. The summed E-state index contributed by atoms with van der Waals surface area (Å²) in [5.41, 5.74) is 6.13. The van der Waals surface area contributed by atoms with Gasteiger partial charge in [0.25, 0.3) is 0 Å². The van der Waals surface area contributed by atoms with Gasteiger partial charge in [0, 0.05) is 12.4 Å². The summed E-state index contributed by atoms with van der Waals surface area (Å²) in [7, 11) is 0. The molecule has 0 spiro atoms. The molecule has 2 aromatic carbocycles. The fraction of sp³-hybridized carbons (Fsp3) is 0. The number of aromatic carboxylic acids is 1. The largest absolute Gasteiger partial charge is 0.478 e. The lowest BCUT2D eigenvalue weighted by Gasteiger charge is -2.07. The van der Waals surface area contributed by atoms with Crippen molar-refractivity contribution >= 4 is 5.97 Å². The number of carboxylic acids is 1. The minimum Gasteiger partial charge on any atom is -0.478 e. The van der Waals surface area contributed by atoms with E-state index in [1.54, 1.807) is 24.5 Å². The Balaban J connectivity index is 1.62. The third kappa shape index (κ3) is 3.60. The summed E-state index contributed by atoms with van der Waals surface area (Å²) < 4.78 is 0. The maximum absolute atomic E-state index is 11.0. The van der Waals surface area contributed by atoms with Crippen molar-refractivity contribution in [2.24, 2.45) is 0 Å². The Hall–Kier alpha value is -3.79. The molecule has 4 aromatic rings. The van der Waals surface area contributed by atoms with Crippen molar-refractivity contribution in [1.82, 2.24) is 9.97 Å². The molecule has 0 aliphatic heterocycles. The number of carbonyl (C=O) groups is 1. The Morgan fingerprint density at radius 3 is 1.81 bits per heavy atom. The molecule has 0 saturated carbocycles. The van der Waals surface area contributed by atoms with E-state index in [2.05, 4.69) is 22.1 Å². The molecule has 0 radical (unpaired) electrons. The molecule has 2 heterocycles. The fourth-order valence-corrected chi connectivity index (χ4v) is 2.92. The minimum absolute atomic E-state index is 0.286. The first-order valence-corrected chi connectivity index (χ1v) is 8.52. The predicted molar refractivity (Wildman–Crippen MR) is 105 cm³/mol. The summed E-state index contributed by atoms with van der Waals surface area (Å²) in [6.45, 7) is 0. The number of hydrogen-bond donors (Lipinski definition) is 1. The van der Waals surface area contributed by atoms with Crippen LogP contribution in [0.5, 0.6) is 0 Å². The molecule has 4 heteroatoms. The third-order valence-corrected chi connectivity index (χ3v) is 4.37. The van der Waals surface area contributed by atoms with Gasteiger partial charge in [-0.15, -0.1) is 0 Å². The van der Waals surface area contributed by atoms with Crippen LogP contribution in [0.15, 0.2) is 91.3 Å². The van der Waals surface area contributed by atoms with Crippen molar-refractivity contribution in [3.63, 3.8) is 0 Å². The monoisotopic (exact) mass is 352 g/mol. The Labute approximate surface area is 156 Å². The van der Waals surface area contributed by atoms with E-state index < -0.39 is 5.97 Å². The van der Waals surface area contributed by atoms with E-state index in [1.807, 2.05) is 54.6 Å². The van der Waals surface area contributed by atoms with Crippen molar-refractivity contribution < 1.29 is 9.90 Å². The van der Waals surface area contributed by atoms with Crippen molar-refractivity contribution in [2.45, 2.75) is 0 Å². The normalized spacial score (nSPS) is 10.5. The van der Waals surface area contributed by atoms with E-state index in [0.29, 0.717) is 0 Å². The van der Waals surface area contributed by atoms with Gasteiger partial charge in [-0.25, -0.2) is 4.79 Å². The van der Waals surface area contributed by atoms with Crippen molar-refractivity contribution in [1.29, 1.82) is 0 Å². The van der Waals surface area contributed by atoms with E-state index in [1.165, 1.54) is 0 Å². The van der Waals surface area contributed by atoms with Gasteiger partial charge in [0.1, 0.15) is 0 Å². The number of hydrogen-bond acceptors (Lipinski definition) is 3. The molecule has 1 N–H and O–H groups in total. The molecule has 0 unspecified atom stereocenters. The summed E-state index contributed by atoms with van der Waals surface area (Å²) in [4.78, 5) is 19.7. The number of rotatable bonds is 4. The van der Waals surface area contributed by atoms with Gasteiger partial charge in [0.15, 0.2) is 0 Å². The summed E-state index contributed by atoms with van der Waals surface area (Å²) >= 11 is 0. The van der Waals surface area contributed by atoms with Gasteiger partial charge in [-0.3, -0.25) is 9.97 Å². The number of aromatic nitrogens is 2. The van der Waals surface area contributed by atoms with Crippen LogP contribution < -0.4 is 0 Å². The predicted octanol–water partition coefficient (Wildman–Crippen LogP) is 5.18. The van der Waals surface area contributed by atoms with Crippen LogP contribution in [-0.2, 0) is 0 Å². The summed E-state index contributed by atoms with van der Waals surface area (Å²) in [5.74, 6) is -0.918. The van der Waals surface area contributed by atoms with Gasteiger partial charge >= 0.3 is 5.97 Å². The first-order valence-electron chi connectivity index (χ1n) is 8.52. The van der Waals surface area contributed by atoms with Crippen LogP contribution in [-0.4, -0.2) is 21.0 Å². The molecule has 0 aliphatic carbocycles. The minimum atomic E-state index is -0.918. The highest BCUT2D eigenvalue weighted by atomic mass is 16.4. The smallest absolute Gasteiger partial charge is 0.335 e. The van der Waals surface area contributed by atoms with Crippen LogP contribution in [0, 0.1) is 0 Å². The van der Waals surface area contributed by atoms with Gasteiger partial charge in [-0.2, -0.15) is 0 Å². The quantitative estimate of drug-likeness (QED) is 0.550. The van der Waals surface area contributed by atoms with Crippen molar-refractivity contribution in [2.75, 3.05) is 0 Å². The van der Waals surface area contributed by atoms with Crippen LogP contribution in [0.3, 0.4) is 0 Å². The molecule has 4 nitrogen and oxygen atoms in total. The highest BCUT2D eigenvalue weighted by molar-refractivity contribution is 5.88. The van der Waals surface area contributed by atoms with E-state index in [4.69, 9.17) is 5.11 Å². The molecule has 0 aliphatic rings. The van der Waals surface area contributed by atoms with Crippen LogP contribution in [0.1, 0.15) is 10.4 Å². The van der Waals surface area contributed by atoms with Crippen molar-refractivity contribution in [3.8, 4) is 33.6 Å². The first-order chi connectivity index (χ1) is 13.2. The molecule has 27 heavy (non-hydrogen) atoms. The zero-order chi connectivity index (χ0) is 18.6. The Morgan fingerprint density at radius 1 is 0.630 bits per heavy atom. The molecule has 0 fully saturated rings. The SMILES string of the molecule is O=C(O)c1ccc(-c2ccc(-c3ccnc(-c4ccccn4)c3)cc2)cc1. The van der Waals surface area contributed by atoms with Crippen molar-refractivity contribution in [3.05, 3.63) is 96.8 Å². The van der Waals surface area contributed by atoms with E-state index in [9.17, 15) is 4.79 Å². The summed E-state index contributed by atoms with van der Waals surface area (Å²) in [6, 6.07) is 24.8. The topological polar surface area (TPSA) is 63.1 Å². The molecular weight excluding hydrogens is 336 g/mol. The Morgan fingerprint density at radius 2 is 1.22 bits per heavy atom. The van der Waals surface area contributed by atoms with Gasteiger partial charge in [-0.1, -0.05) is 42.5 Å². The highest BCUT2D eigenvalue weighted by Crippen LogP contribution is 2.27. The molecule has 4 rings (SSSR count). The van der Waals surface area contributed by atoms with Crippen LogP contribution in [0.4, 0.5) is 0 Å². The van der Waals surface area contributed by atoms with Crippen LogP contribution in [0.25, 0.3) is 33.6 Å². The molecule has 0 atom stereocenters. The molecular formula is C23H16N2O2. The fourth-order valence-electron chi connectivity index (χ4n) is 2.92. The average Bonchev–Trinajstić information content (AvgIpc) is 2.75. The number of benzene rings is 2. The maximum atomic E-state index is 11.0. The number of carboxylic acid groups (broad SMARTS) is 1. The second kappa shape index (κ2) is 7.22. The average molecular weight is 352 g/mol. The van der Waals surface area contributed by atoms with E-state index in [0.717, 1.165) is 33.6 Å². The van der Waals surface area contributed by atoms with Gasteiger partial charge in [0.2, 0.25) is 0 Å². The standard InChI is InChI=1S/C23H16N2O2/c26-23(27)19-10-8-17(9-11-19)16-4-6-18(7-5-16)20-12-14-25-22(15-20)21-3-1-2-13-24-21/h1-15H,(H,26,27). The van der Waals surface area contributed by atoms with E-state index in [-0.39, 0.29) is 5.56 Å². The van der Waals surface area contributed by atoms with Gasteiger partial charge in [-0.05, 0) is 58.7 Å². The second-order valence-electron chi connectivity index (χ2n) is 6.10. The Bertz CT molecular complexity index is 1070. The molecule has 0 bridgehead atoms. The van der Waals surface area contributed by atoms with Crippen LogP contribution >= 0.6 is 0 Å². The lowest BCUT2D eigenvalue weighted by atomic mass is 9.99. The highest BCUT2D eigenvalue weighted by Gasteiger charge is 2.06. The Kier molecular flexibility index (Phi) is 4.45. The molecule has 0 amide bonds. The lowest BCUT2D eigenvalue weighted by molar-refractivity contribution is 0.0697. The van der Waals surface area contributed by atoms with Crippen LogP contribution in [0.2, 0.25) is 0 Å². The van der Waals surface area contributed by atoms with E-state index >= 15 is 0 Å². The zero-order valence-corrected chi connectivity index (χ0v) is 14.4. The molecule has 130 valence electrons. The maximum Gasteiger partial charge on any atom is 0.335 e. The second-order valence-corrected chi connectivity index (χ2v) is 6.10. The van der Waals surface area contributed by atoms with Gasteiger partial charge < -0.3 is 5.11 Å². The lowest BCUT2D eigenvalue weighted by Crippen LogP contribution is -1.94. The molecule has 2 aromatic heterocycles. The number of pyridine rings is 2. The summed E-state index contributed by atoms with van der Waals surface area (Å²) in [5, 5.41) is 9.00. The summed E-state index contributed by atoms with van der Waals surface area (Å²) in [6.07, 6.45) is 3.55. The number of nitrogens with zero attached hydrogens (tertiary/aromatic N) is 2. The first kappa shape index (κ1) is 16.7. The zero-order valence-electron chi connectivity index (χ0n) is 14.4. The molecule has 0 saturated heterocycles.